The van der Waals surface area contributed by atoms with E-state index in [0.717, 1.165) is 30.2 Å². The Balaban J connectivity index is 1.31. The van der Waals surface area contributed by atoms with Crippen molar-refractivity contribution >= 4 is 22.4 Å². The fraction of sp³-hybridized carbons (Fsp3) is 0.556. The minimum atomic E-state index is 0.0174. The highest BCUT2D eigenvalue weighted by atomic mass is 32.1. The molecule has 3 heterocycles. The molecule has 2 fully saturated rings. The van der Waals surface area contributed by atoms with Crippen molar-refractivity contribution in [3.8, 4) is 0 Å². The lowest BCUT2D eigenvalue weighted by atomic mass is 9.98. The van der Waals surface area contributed by atoms with Gasteiger partial charge in [0.2, 0.25) is 11.0 Å². The van der Waals surface area contributed by atoms with Gasteiger partial charge in [-0.1, -0.05) is 23.8 Å². The number of nitrogens with one attached hydrogen (secondary N) is 1. The van der Waals surface area contributed by atoms with E-state index in [1.807, 2.05) is 18.3 Å². The van der Waals surface area contributed by atoms with Crippen LogP contribution in [-0.4, -0.2) is 39.1 Å². The van der Waals surface area contributed by atoms with E-state index in [1.165, 1.54) is 37.0 Å². The zero-order chi connectivity index (χ0) is 17.1. The minimum Gasteiger partial charge on any atom is -0.300 e. The summed E-state index contributed by atoms with van der Waals surface area (Å²) in [4.78, 5) is 19.2. The van der Waals surface area contributed by atoms with Crippen LogP contribution in [-0.2, 0) is 4.79 Å². The number of hydrogen-bond donors (Lipinski definition) is 1. The van der Waals surface area contributed by atoms with Crippen LogP contribution in [0.2, 0.25) is 0 Å². The van der Waals surface area contributed by atoms with Gasteiger partial charge < -0.3 is 5.32 Å². The third kappa shape index (κ3) is 4.22. The van der Waals surface area contributed by atoms with E-state index in [4.69, 9.17) is 0 Å². The molecule has 1 unspecified atom stereocenters. The number of likely N-dealkylation sites (tertiary alicyclic amines) is 1. The Labute approximate surface area is 151 Å². The van der Waals surface area contributed by atoms with Gasteiger partial charge in [-0.05, 0) is 44.4 Å². The van der Waals surface area contributed by atoms with Crippen molar-refractivity contribution in [2.45, 2.75) is 50.5 Å². The second-order valence-corrected chi connectivity index (χ2v) is 7.83. The van der Waals surface area contributed by atoms with E-state index in [1.54, 1.807) is 0 Å². The van der Waals surface area contributed by atoms with Gasteiger partial charge in [0.05, 0.1) is 11.7 Å². The first-order valence-electron chi connectivity index (χ1n) is 9.08. The Bertz CT molecular complexity index is 715. The number of pyridine rings is 1. The second kappa shape index (κ2) is 7.58. The predicted molar refractivity (Wildman–Crippen MR) is 97.5 cm³/mol. The number of nitrogens with zero attached hydrogens (tertiary/aromatic N) is 4. The lowest BCUT2D eigenvalue weighted by Gasteiger charge is -2.35. The summed E-state index contributed by atoms with van der Waals surface area (Å²) in [6, 6.07) is 6.39. The van der Waals surface area contributed by atoms with Gasteiger partial charge in [0.1, 0.15) is 5.01 Å². The topological polar surface area (TPSA) is 71.0 Å². The molecule has 1 N–H and O–H groups in total. The average molecular weight is 357 g/mol. The number of aromatic nitrogens is 3. The predicted octanol–water partition coefficient (Wildman–Crippen LogP) is 3.37. The van der Waals surface area contributed by atoms with Gasteiger partial charge in [0, 0.05) is 25.1 Å². The Morgan fingerprint density at radius 1 is 1.24 bits per heavy atom. The molecule has 2 aliphatic rings. The van der Waals surface area contributed by atoms with Gasteiger partial charge >= 0.3 is 0 Å². The van der Waals surface area contributed by atoms with Crippen molar-refractivity contribution in [1.82, 2.24) is 20.1 Å². The molecular weight excluding hydrogens is 334 g/mol. The van der Waals surface area contributed by atoms with Crippen molar-refractivity contribution in [3.05, 3.63) is 35.1 Å². The van der Waals surface area contributed by atoms with Crippen LogP contribution in [0.4, 0.5) is 5.13 Å². The lowest BCUT2D eigenvalue weighted by Crippen LogP contribution is -2.36. The molecule has 1 saturated heterocycles. The second-order valence-electron chi connectivity index (χ2n) is 6.82. The largest absolute Gasteiger partial charge is 0.300 e. The molecule has 0 radical (unpaired) electrons. The molecule has 7 heteroatoms. The molecule has 0 bridgehead atoms. The fourth-order valence-corrected chi connectivity index (χ4v) is 4.30. The highest BCUT2D eigenvalue weighted by molar-refractivity contribution is 7.15. The highest BCUT2D eigenvalue weighted by Crippen LogP contribution is 2.42. The Morgan fingerprint density at radius 2 is 2.16 bits per heavy atom. The third-order valence-electron chi connectivity index (χ3n) is 4.88. The summed E-state index contributed by atoms with van der Waals surface area (Å²) >= 11 is 1.51. The number of carbonyl (C=O) groups excluding carboxylic acids is 1. The van der Waals surface area contributed by atoms with E-state index >= 15 is 0 Å². The molecule has 1 atom stereocenters. The zero-order valence-electron chi connectivity index (χ0n) is 14.2. The molecule has 4 rings (SSSR count). The smallest absolute Gasteiger partial charge is 0.227 e. The monoisotopic (exact) mass is 357 g/mol. The molecule has 1 aliphatic heterocycles. The summed E-state index contributed by atoms with van der Waals surface area (Å²) < 4.78 is 0. The van der Waals surface area contributed by atoms with E-state index in [-0.39, 0.29) is 5.91 Å². The van der Waals surface area contributed by atoms with E-state index in [2.05, 4.69) is 31.5 Å². The maximum absolute atomic E-state index is 12.3. The Kier molecular flexibility index (Phi) is 5.03. The van der Waals surface area contributed by atoms with Crippen LogP contribution in [0.1, 0.15) is 61.2 Å². The maximum Gasteiger partial charge on any atom is 0.227 e. The first-order chi connectivity index (χ1) is 12.3. The molecule has 25 heavy (non-hydrogen) atoms. The minimum absolute atomic E-state index is 0.0174. The number of hydrogen-bond acceptors (Lipinski definition) is 6. The summed E-state index contributed by atoms with van der Waals surface area (Å²) in [6.45, 7) is 1.78. The van der Waals surface area contributed by atoms with Gasteiger partial charge in [-0.3, -0.25) is 14.7 Å². The first-order valence-corrected chi connectivity index (χ1v) is 9.89. The van der Waals surface area contributed by atoms with Crippen LogP contribution < -0.4 is 5.32 Å². The molecule has 6 nitrogen and oxygen atoms in total. The standard InChI is InChI=1S/C18H23N5OS/c24-16(20-18-22-21-17(25-18)13-7-8-13)9-12-23-11-4-2-6-15(23)14-5-1-3-10-19-14/h1,3,5,10,13,15H,2,4,6-9,11-12H2,(H,20,22,24). The van der Waals surface area contributed by atoms with Gasteiger partial charge in [-0.25, -0.2) is 0 Å². The third-order valence-corrected chi connectivity index (χ3v) is 5.88. The lowest BCUT2D eigenvalue weighted by molar-refractivity contribution is -0.116. The van der Waals surface area contributed by atoms with E-state index in [0.29, 0.717) is 23.5 Å². The molecule has 2 aromatic rings. The molecule has 0 aromatic carbocycles. The van der Waals surface area contributed by atoms with Crippen LogP contribution in [0.25, 0.3) is 0 Å². The van der Waals surface area contributed by atoms with Crippen molar-refractivity contribution in [1.29, 1.82) is 0 Å². The highest BCUT2D eigenvalue weighted by Gasteiger charge is 2.28. The quantitative estimate of drug-likeness (QED) is 0.858. The van der Waals surface area contributed by atoms with Crippen LogP contribution in [0.15, 0.2) is 24.4 Å². The van der Waals surface area contributed by atoms with E-state index < -0.39 is 0 Å². The first kappa shape index (κ1) is 16.6. The molecular formula is C18H23N5OS. The average Bonchev–Trinajstić information content (AvgIpc) is 3.41. The number of piperidine rings is 1. The molecule has 0 spiro atoms. The van der Waals surface area contributed by atoms with Gasteiger partial charge in [-0.15, -0.1) is 10.2 Å². The molecule has 1 aliphatic carbocycles. The van der Waals surface area contributed by atoms with Crippen molar-refractivity contribution in [3.63, 3.8) is 0 Å². The number of anilines is 1. The summed E-state index contributed by atoms with van der Waals surface area (Å²) in [5, 5.41) is 12.8. The van der Waals surface area contributed by atoms with E-state index in [9.17, 15) is 4.79 Å². The Hall–Kier alpha value is -1.86. The van der Waals surface area contributed by atoms with Crippen LogP contribution in [0.3, 0.4) is 0 Å². The molecule has 132 valence electrons. The Morgan fingerprint density at radius 3 is 2.96 bits per heavy atom. The summed E-state index contributed by atoms with van der Waals surface area (Å²) in [6.07, 6.45) is 8.24. The zero-order valence-corrected chi connectivity index (χ0v) is 15.0. The van der Waals surface area contributed by atoms with Crippen molar-refractivity contribution < 1.29 is 4.79 Å². The number of rotatable bonds is 6. The number of amides is 1. The van der Waals surface area contributed by atoms with Crippen LogP contribution in [0, 0.1) is 0 Å². The molecule has 2 aromatic heterocycles. The summed E-state index contributed by atoms with van der Waals surface area (Å²) in [7, 11) is 0. The van der Waals surface area contributed by atoms with Crippen molar-refractivity contribution in [2.24, 2.45) is 0 Å². The van der Waals surface area contributed by atoms with Gasteiger partial charge in [-0.2, -0.15) is 0 Å². The summed E-state index contributed by atoms with van der Waals surface area (Å²) in [5.74, 6) is 0.597. The van der Waals surface area contributed by atoms with Crippen LogP contribution >= 0.6 is 11.3 Å². The van der Waals surface area contributed by atoms with Crippen LogP contribution in [0.5, 0.6) is 0 Å². The van der Waals surface area contributed by atoms with Gasteiger partial charge in [0.15, 0.2) is 0 Å². The SMILES string of the molecule is O=C(CCN1CCCCC1c1ccccn1)Nc1nnc(C2CC2)s1. The summed E-state index contributed by atoms with van der Waals surface area (Å²) in [5.41, 5.74) is 1.11. The molecule has 1 amide bonds. The van der Waals surface area contributed by atoms with Gasteiger partial charge in [0.25, 0.3) is 0 Å². The fourth-order valence-electron chi connectivity index (χ4n) is 3.37. The van der Waals surface area contributed by atoms with Crippen molar-refractivity contribution in [2.75, 3.05) is 18.4 Å². The normalized spacial score (nSPS) is 21.2. The molecule has 1 saturated carbocycles. The number of carbonyl (C=O) groups is 1. The maximum atomic E-state index is 12.3.